The molecule has 39 heavy (non-hydrogen) atoms. The third-order valence-electron chi connectivity index (χ3n) is 6.04. The number of carboxylic acid groups (broad SMARTS) is 1. The maximum atomic E-state index is 12.5. The highest BCUT2D eigenvalue weighted by molar-refractivity contribution is 6.33. The molecule has 0 aliphatic rings. The van der Waals surface area contributed by atoms with Gasteiger partial charge in [0.25, 0.3) is 5.91 Å². The first-order valence-electron chi connectivity index (χ1n) is 12.3. The first-order valence-corrected chi connectivity index (χ1v) is 12.7. The summed E-state index contributed by atoms with van der Waals surface area (Å²) in [6.07, 6.45) is 0.673. The molecule has 10 heteroatoms. The molecule has 0 saturated carbocycles. The van der Waals surface area contributed by atoms with Gasteiger partial charge in [0.2, 0.25) is 0 Å². The third-order valence-corrected chi connectivity index (χ3v) is 6.37. The Morgan fingerprint density at radius 3 is 2.15 bits per heavy atom. The molecule has 0 fully saturated rings. The van der Waals surface area contributed by atoms with Crippen molar-refractivity contribution in [3.63, 3.8) is 0 Å². The second kappa shape index (κ2) is 14.1. The summed E-state index contributed by atoms with van der Waals surface area (Å²) >= 11 is 6.04. The van der Waals surface area contributed by atoms with Gasteiger partial charge in [0.1, 0.15) is 11.8 Å². The Labute approximate surface area is 232 Å². The van der Waals surface area contributed by atoms with Crippen molar-refractivity contribution >= 4 is 29.6 Å². The van der Waals surface area contributed by atoms with Gasteiger partial charge < -0.3 is 30.0 Å². The molecular formula is C29H31ClN2O7. The van der Waals surface area contributed by atoms with E-state index in [1.807, 2.05) is 25.1 Å². The molecule has 2 amide bonds. The van der Waals surface area contributed by atoms with Crippen molar-refractivity contribution in [3.8, 4) is 17.2 Å². The molecule has 0 spiro atoms. The van der Waals surface area contributed by atoms with E-state index < -0.39 is 24.0 Å². The molecule has 0 aromatic heterocycles. The van der Waals surface area contributed by atoms with Crippen LogP contribution in [0, 0.1) is 0 Å². The van der Waals surface area contributed by atoms with Crippen LogP contribution in [0.2, 0.25) is 5.02 Å². The molecule has 2 unspecified atom stereocenters. The number of carboxylic acids is 1. The van der Waals surface area contributed by atoms with Crippen LogP contribution in [0.5, 0.6) is 17.2 Å². The van der Waals surface area contributed by atoms with E-state index in [2.05, 4.69) is 10.6 Å². The first-order chi connectivity index (χ1) is 18.7. The van der Waals surface area contributed by atoms with Crippen molar-refractivity contribution in [3.05, 3.63) is 88.4 Å². The predicted octanol–water partition coefficient (Wildman–Crippen LogP) is 4.89. The Bertz CT molecular complexity index is 1300. The maximum absolute atomic E-state index is 12.5. The van der Waals surface area contributed by atoms with Gasteiger partial charge in [-0.25, -0.2) is 9.59 Å². The van der Waals surface area contributed by atoms with Crippen molar-refractivity contribution in [2.24, 2.45) is 0 Å². The fourth-order valence-corrected chi connectivity index (χ4v) is 4.12. The summed E-state index contributed by atoms with van der Waals surface area (Å²) in [7, 11) is 3.14. The van der Waals surface area contributed by atoms with E-state index in [0.717, 1.165) is 5.56 Å². The van der Waals surface area contributed by atoms with Crippen molar-refractivity contribution < 1.29 is 33.7 Å². The molecule has 0 saturated heterocycles. The Morgan fingerprint density at radius 1 is 0.872 bits per heavy atom. The van der Waals surface area contributed by atoms with Crippen molar-refractivity contribution in [1.29, 1.82) is 0 Å². The first kappa shape index (κ1) is 29.3. The molecule has 3 N–H and O–H groups in total. The molecule has 9 nitrogen and oxygen atoms in total. The van der Waals surface area contributed by atoms with Gasteiger partial charge in [-0.1, -0.05) is 48.9 Å². The number of hydrogen-bond acceptors (Lipinski definition) is 6. The standard InChI is InChI=1S/C29H31ClN2O7/c1-4-20(15-19-11-14-25(37-2)26(17-19)38-3)31-29(36)39-21-12-9-18(10-13-21)16-24(28(34)35)32-27(33)22-7-5-6-8-23(22)30/h5-14,17,20,24H,4,15-16H2,1-3H3,(H,31,36)(H,32,33)(H,34,35). The van der Waals surface area contributed by atoms with Gasteiger partial charge in [-0.05, 0) is 60.4 Å². The average Bonchev–Trinajstić information content (AvgIpc) is 2.93. The molecular weight excluding hydrogens is 524 g/mol. The molecule has 2 atom stereocenters. The summed E-state index contributed by atoms with van der Waals surface area (Å²) < 4.78 is 16.0. The van der Waals surface area contributed by atoms with Crippen LogP contribution >= 0.6 is 11.6 Å². The number of hydrogen-bond donors (Lipinski definition) is 3. The summed E-state index contributed by atoms with van der Waals surface area (Å²) in [4.78, 5) is 36.8. The summed E-state index contributed by atoms with van der Waals surface area (Å²) in [5, 5.41) is 15.2. The zero-order chi connectivity index (χ0) is 28.4. The minimum Gasteiger partial charge on any atom is -0.493 e. The van der Waals surface area contributed by atoms with E-state index in [1.165, 1.54) is 6.07 Å². The zero-order valence-corrected chi connectivity index (χ0v) is 22.7. The molecule has 3 rings (SSSR count). The van der Waals surface area contributed by atoms with Crippen LogP contribution < -0.4 is 24.8 Å². The molecule has 0 aliphatic carbocycles. The average molecular weight is 555 g/mol. The van der Waals surface area contributed by atoms with Crippen LogP contribution in [0.3, 0.4) is 0 Å². The Kier molecular flexibility index (Phi) is 10.6. The normalized spacial score (nSPS) is 12.1. The van der Waals surface area contributed by atoms with Crippen LogP contribution in [0.25, 0.3) is 0 Å². The van der Waals surface area contributed by atoms with Crippen molar-refractivity contribution in [1.82, 2.24) is 10.6 Å². The van der Waals surface area contributed by atoms with E-state index in [-0.39, 0.29) is 23.0 Å². The van der Waals surface area contributed by atoms with Crippen LogP contribution in [0.1, 0.15) is 34.8 Å². The zero-order valence-electron chi connectivity index (χ0n) is 21.9. The van der Waals surface area contributed by atoms with Crippen LogP contribution in [-0.4, -0.2) is 49.4 Å². The number of ether oxygens (including phenoxy) is 3. The van der Waals surface area contributed by atoms with Crippen molar-refractivity contribution in [2.75, 3.05) is 14.2 Å². The number of benzene rings is 3. The molecule has 0 radical (unpaired) electrons. The largest absolute Gasteiger partial charge is 0.493 e. The summed E-state index contributed by atoms with van der Waals surface area (Å²) in [6, 6.07) is 17.1. The van der Waals surface area contributed by atoms with Crippen LogP contribution in [-0.2, 0) is 17.6 Å². The molecule has 0 heterocycles. The fraction of sp³-hybridized carbons (Fsp3) is 0.276. The van der Waals surface area contributed by atoms with Gasteiger partial charge in [0, 0.05) is 12.5 Å². The van der Waals surface area contributed by atoms with E-state index >= 15 is 0 Å². The lowest BCUT2D eigenvalue weighted by Gasteiger charge is -2.18. The second-order valence-electron chi connectivity index (χ2n) is 8.72. The van der Waals surface area contributed by atoms with Crippen molar-refractivity contribution in [2.45, 2.75) is 38.3 Å². The van der Waals surface area contributed by atoms with Gasteiger partial charge in [-0.2, -0.15) is 0 Å². The summed E-state index contributed by atoms with van der Waals surface area (Å²) in [5.41, 5.74) is 1.80. The predicted molar refractivity (Wildman–Crippen MR) is 147 cm³/mol. The Hall–Kier alpha value is -4.24. The van der Waals surface area contributed by atoms with Gasteiger partial charge in [0.05, 0.1) is 24.8 Å². The number of carbonyl (C=O) groups is 3. The van der Waals surface area contributed by atoms with Gasteiger partial charge in [0.15, 0.2) is 11.5 Å². The van der Waals surface area contributed by atoms with E-state index in [1.54, 1.807) is 56.7 Å². The number of nitrogens with one attached hydrogen (secondary N) is 2. The lowest BCUT2D eigenvalue weighted by Crippen LogP contribution is -2.42. The number of amides is 2. The molecule has 0 aliphatic heterocycles. The van der Waals surface area contributed by atoms with E-state index in [4.69, 9.17) is 25.8 Å². The lowest BCUT2D eigenvalue weighted by atomic mass is 10.0. The second-order valence-corrected chi connectivity index (χ2v) is 9.13. The number of aliphatic carboxylic acids is 1. The highest BCUT2D eigenvalue weighted by atomic mass is 35.5. The SMILES string of the molecule is CCC(Cc1ccc(OC)c(OC)c1)NC(=O)Oc1ccc(CC(NC(=O)c2ccccc2Cl)C(=O)O)cc1. The van der Waals surface area contributed by atoms with Gasteiger partial charge >= 0.3 is 12.1 Å². The smallest absolute Gasteiger partial charge is 0.412 e. The molecule has 206 valence electrons. The Balaban J connectivity index is 1.56. The summed E-state index contributed by atoms with van der Waals surface area (Å²) in [6.45, 7) is 1.96. The number of methoxy groups -OCH3 is 2. The molecule has 0 bridgehead atoms. The summed E-state index contributed by atoms with van der Waals surface area (Å²) in [5.74, 6) is -0.230. The monoisotopic (exact) mass is 554 g/mol. The van der Waals surface area contributed by atoms with Gasteiger partial charge in [-0.15, -0.1) is 0 Å². The highest BCUT2D eigenvalue weighted by Crippen LogP contribution is 2.28. The lowest BCUT2D eigenvalue weighted by molar-refractivity contribution is -0.139. The minimum absolute atomic E-state index is 0.0290. The van der Waals surface area contributed by atoms with Gasteiger partial charge in [-0.3, -0.25) is 4.79 Å². The number of carbonyl (C=O) groups excluding carboxylic acids is 2. The van der Waals surface area contributed by atoms with Crippen LogP contribution in [0.4, 0.5) is 4.79 Å². The fourth-order valence-electron chi connectivity index (χ4n) is 3.90. The van der Waals surface area contributed by atoms with Crippen LogP contribution in [0.15, 0.2) is 66.7 Å². The third kappa shape index (κ3) is 8.38. The minimum atomic E-state index is -1.19. The Morgan fingerprint density at radius 2 is 1.54 bits per heavy atom. The number of halogens is 1. The topological polar surface area (TPSA) is 123 Å². The van der Waals surface area contributed by atoms with E-state index in [9.17, 15) is 19.5 Å². The van der Waals surface area contributed by atoms with E-state index in [0.29, 0.717) is 35.7 Å². The number of rotatable bonds is 12. The quantitative estimate of drug-likeness (QED) is 0.291. The highest BCUT2D eigenvalue weighted by Gasteiger charge is 2.22. The molecule has 3 aromatic carbocycles. The maximum Gasteiger partial charge on any atom is 0.412 e. The molecule has 3 aromatic rings.